The number of carbonyl (C=O) groups excluding carboxylic acids is 1. The Morgan fingerprint density at radius 3 is 2.96 bits per heavy atom. The van der Waals surface area contributed by atoms with Crippen molar-refractivity contribution in [3.8, 4) is 0 Å². The maximum Gasteiger partial charge on any atom is 0.286 e. The molecule has 4 rings (SSSR count). The largest absolute Gasteiger partial charge is 0.335 e. The number of nitrogens with one attached hydrogen (secondary N) is 2. The van der Waals surface area contributed by atoms with Crippen LogP contribution in [-0.4, -0.2) is 45.3 Å². The first-order valence-corrected chi connectivity index (χ1v) is 10.6. The summed E-state index contributed by atoms with van der Waals surface area (Å²) >= 11 is 1.02. The quantitative estimate of drug-likeness (QED) is 0.650. The van der Waals surface area contributed by atoms with Gasteiger partial charge in [0.25, 0.3) is 15.9 Å². The van der Waals surface area contributed by atoms with Crippen LogP contribution in [0.25, 0.3) is 0 Å². The Bertz CT molecular complexity index is 1100. The highest BCUT2D eigenvalue weighted by atomic mass is 32.2. The Balaban J connectivity index is 1.54. The molecule has 3 heterocycles. The lowest BCUT2D eigenvalue weighted by atomic mass is 10.2. The molecule has 2 aromatic heterocycles. The number of amides is 1. The van der Waals surface area contributed by atoms with E-state index >= 15 is 0 Å². The summed E-state index contributed by atoms with van der Waals surface area (Å²) in [4.78, 5) is 18.7. The van der Waals surface area contributed by atoms with Gasteiger partial charge in [0.05, 0.1) is 18.6 Å². The van der Waals surface area contributed by atoms with E-state index in [4.69, 9.17) is 0 Å². The molecular formula is C16H15FN6O3S2. The number of nitrogens with zero attached hydrogens (tertiary/aromatic N) is 4. The standard InChI is InChI=1S/C16H15FN6O3S2/c17-10-3-1-4-11(7-10)20-14(24)16-22-21-15(27-16)12-5-2-6-23(12)28(25,26)13-8-18-9-19-13/h1,3-4,7-9,12H,2,5-6H2,(H,18,19)(H,20,24)/t12-/m1/s1. The molecule has 1 amide bonds. The summed E-state index contributed by atoms with van der Waals surface area (Å²) < 4.78 is 40.2. The lowest BCUT2D eigenvalue weighted by Gasteiger charge is -2.20. The van der Waals surface area contributed by atoms with E-state index < -0.39 is 27.8 Å². The van der Waals surface area contributed by atoms with Gasteiger partial charge in [-0.2, -0.15) is 4.31 Å². The molecule has 1 atom stereocenters. The van der Waals surface area contributed by atoms with Crippen molar-refractivity contribution < 1.29 is 17.6 Å². The van der Waals surface area contributed by atoms with E-state index in [2.05, 4.69) is 25.5 Å². The van der Waals surface area contributed by atoms with E-state index in [0.29, 0.717) is 30.1 Å². The summed E-state index contributed by atoms with van der Waals surface area (Å²) in [5, 5.41) is 11.0. The van der Waals surface area contributed by atoms with Crippen LogP contribution in [0.2, 0.25) is 0 Å². The van der Waals surface area contributed by atoms with E-state index in [0.717, 1.165) is 11.3 Å². The monoisotopic (exact) mass is 422 g/mol. The molecule has 1 fully saturated rings. The molecule has 1 saturated heterocycles. The first kappa shape index (κ1) is 18.7. The number of aromatic amines is 1. The summed E-state index contributed by atoms with van der Waals surface area (Å²) in [6, 6.07) is 5.00. The lowest BCUT2D eigenvalue weighted by Crippen LogP contribution is -2.30. The first-order chi connectivity index (χ1) is 13.4. The number of hydrogen-bond donors (Lipinski definition) is 2. The second-order valence-corrected chi connectivity index (χ2v) is 8.97. The molecule has 0 radical (unpaired) electrons. The number of carbonyl (C=O) groups is 1. The summed E-state index contributed by atoms with van der Waals surface area (Å²) in [6.07, 6.45) is 3.80. The number of H-pyrrole nitrogens is 1. The molecule has 28 heavy (non-hydrogen) atoms. The highest BCUT2D eigenvalue weighted by Gasteiger charge is 2.39. The Hall–Kier alpha value is -2.70. The number of aromatic nitrogens is 4. The lowest BCUT2D eigenvalue weighted by molar-refractivity contribution is 0.102. The van der Waals surface area contributed by atoms with Gasteiger partial charge in [-0.05, 0) is 31.0 Å². The summed E-state index contributed by atoms with van der Waals surface area (Å²) in [6.45, 7) is 0.344. The second kappa shape index (κ2) is 7.37. The zero-order valence-electron chi connectivity index (χ0n) is 14.4. The topological polar surface area (TPSA) is 121 Å². The maximum atomic E-state index is 13.3. The predicted molar refractivity (Wildman–Crippen MR) is 98.7 cm³/mol. The Kier molecular flexibility index (Phi) is 4.91. The van der Waals surface area contributed by atoms with Crippen molar-refractivity contribution in [1.82, 2.24) is 24.5 Å². The summed E-state index contributed by atoms with van der Waals surface area (Å²) in [5.41, 5.74) is 0.297. The highest BCUT2D eigenvalue weighted by molar-refractivity contribution is 7.89. The molecule has 146 valence electrons. The molecule has 9 nitrogen and oxygen atoms in total. The third-order valence-electron chi connectivity index (χ3n) is 4.27. The fourth-order valence-corrected chi connectivity index (χ4v) is 5.51. The van der Waals surface area contributed by atoms with Crippen LogP contribution in [-0.2, 0) is 10.0 Å². The van der Waals surface area contributed by atoms with E-state index in [9.17, 15) is 17.6 Å². The van der Waals surface area contributed by atoms with Gasteiger partial charge in [-0.15, -0.1) is 10.2 Å². The van der Waals surface area contributed by atoms with Crippen LogP contribution in [0.4, 0.5) is 10.1 Å². The molecule has 12 heteroatoms. The molecule has 1 aliphatic rings. The van der Waals surface area contributed by atoms with Crippen molar-refractivity contribution in [2.75, 3.05) is 11.9 Å². The number of halogens is 1. The number of hydrogen-bond acceptors (Lipinski definition) is 7. The molecule has 0 spiro atoms. The van der Waals surface area contributed by atoms with E-state index in [1.54, 1.807) is 6.07 Å². The van der Waals surface area contributed by atoms with Crippen LogP contribution in [0.5, 0.6) is 0 Å². The van der Waals surface area contributed by atoms with Gasteiger partial charge >= 0.3 is 0 Å². The maximum absolute atomic E-state index is 13.3. The van der Waals surface area contributed by atoms with Crippen molar-refractivity contribution in [1.29, 1.82) is 0 Å². The van der Waals surface area contributed by atoms with Crippen molar-refractivity contribution >= 4 is 33.0 Å². The average Bonchev–Trinajstić information content (AvgIpc) is 3.42. The molecule has 1 aliphatic heterocycles. The van der Waals surface area contributed by atoms with Crippen molar-refractivity contribution in [3.63, 3.8) is 0 Å². The normalized spacial score (nSPS) is 17.7. The van der Waals surface area contributed by atoms with Crippen LogP contribution in [0.15, 0.2) is 41.8 Å². The van der Waals surface area contributed by atoms with Gasteiger partial charge in [-0.25, -0.2) is 17.8 Å². The summed E-state index contributed by atoms with van der Waals surface area (Å²) in [7, 11) is -3.75. The van der Waals surface area contributed by atoms with Gasteiger partial charge in [0.15, 0.2) is 5.03 Å². The number of sulfonamides is 1. The van der Waals surface area contributed by atoms with Crippen LogP contribution >= 0.6 is 11.3 Å². The number of imidazole rings is 1. The average molecular weight is 422 g/mol. The van der Waals surface area contributed by atoms with Gasteiger partial charge in [0, 0.05) is 12.2 Å². The molecule has 0 bridgehead atoms. The fourth-order valence-electron chi connectivity index (χ4n) is 3.00. The molecule has 1 aromatic carbocycles. The number of anilines is 1. The minimum Gasteiger partial charge on any atom is -0.335 e. The smallest absolute Gasteiger partial charge is 0.286 e. The van der Waals surface area contributed by atoms with Crippen LogP contribution in [0.1, 0.15) is 33.7 Å². The molecule has 0 saturated carbocycles. The van der Waals surface area contributed by atoms with Crippen molar-refractivity contribution in [3.05, 3.63) is 52.6 Å². The number of rotatable bonds is 5. The van der Waals surface area contributed by atoms with Crippen LogP contribution < -0.4 is 5.32 Å². The minimum atomic E-state index is -3.75. The van der Waals surface area contributed by atoms with E-state index in [1.165, 1.54) is 35.0 Å². The number of benzene rings is 1. The Morgan fingerprint density at radius 1 is 1.36 bits per heavy atom. The molecule has 3 aromatic rings. The van der Waals surface area contributed by atoms with Gasteiger partial charge in [0.2, 0.25) is 5.01 Å². The third kappa shape index (κ3) is 3.53. The Labute approximate surface area is 163 Å². The zero-order chi connectivity index (χ0) is 19.7. The fraction of sp³-hybridized carbons (Fsp3) is 0.250. The van der Waals surface area contributed by atoms with Crippen LogP contribution in [0.3, 0.4) is 0 Å². The third-order valence-corrected chi connectivity index (χ3v) is 7.12. The molecule has 0 unspecified atom stereocenters. The molecule has 2 N–H and O–H groups in total. The Morgan fingerprint density at radius 2 is 2.21 bits per heavy atom. The van der Waals surface area contributed by atoms with Crippen molar-refractivity contribution in [2.24, 2.45) is 0 Å². The van der Waals surface area contributed by atoms with Gasteiger partial charge in [0.1, 0.15) is 10.8 Å². The minimum absolute atomic E-state index is 0.00739. The van der Waals surface area contributed by atoms with E-state index in [1.807, 2.05) is 0 Å². The zero-order valence-corrected chi connectivity index (χ0v) is 16.0. The summed E-state index contributed by atoms with van der Waals surface area (Å²) in [5.74, 6) is -1.00. The highest BCUT2D eigenvalue weighted by Crippen LogP contribution is 2.37. The van der Waals surface area contributed by atoms with Crippen LogP contribution in [0, 0.1) is 5.82 Å². The second-order valence-electron chi connectivity index (χ2n) is 6.10. The predicted octanol–water partition coefficient (Wildman–Crippen LogP) is 2.18. The van der Waals surface area contributed by atoms with Gasteiger partial charge in [-0.1, -0.05) is 17.4 Å². The van der Waals surface area contributed by atoms with Gasteiger partial charge < -0.3 is 10.3 Å². The SMILES string of the molecule is O=C(Nc1cccc(F)c1)c1nnc([C@H]2CCCN2S(=O)(=O)c2cnc[nH]2)s1. The van der Waals surface area contributed by atoms with Gasteiger partial charge in [-0.3, -0.25) is 4.79 Å². The van der Waals surface area contributed by atoms with Crippen molar-refractivity contribution in [2.45, 2.75) is 23.9 Å². The molecule has 0 aliphatic carbocycles. The first-order valence-electron chi connectivity index (χ1n) is 8.36. The van der Waals surface area contributed by atoms with E-state index in [-0.39, 0.29) is 10.0 Å². The molecular weight excluding hydrogens is 407 g/mol.